The fourth-order valence-electron chi connectivity index (χ4n) is 3.49. The molecule has 1 N–H and O–H groups in total. The summed E-state index contributed by atoms with van der Waals surface area (Å²) >= 11 is 1.32. The number of benzene rings is 3. The maximum Gasteiger partial charge on any atom is 0.264 e. The van der Waals surface area contributed by atoms with Crippen LogP contribution in [0, 0.1) is 5.82 Å². The van der Waals surface area contributed by atoms with E-state index in [-0.39, 0.29) is 22.4 Å². The van der Waals surface area contributed by atoms with Gasteiger partial charge in [0.05, 0.1) is 16.3 Å². The first-order valence-corrected chi connectivity index (χ1v) is 12.2. The van der Waals surface area contributed by atoms with Gasteiger partial charge in [-0.1, -0.05) is 18.2 Å². The van der Waals surface area contributed by atoms with E-state index in [2.05, 4.69) is 5.32 Å². The number of halogens is 1. The Hall–Kier alpha value is -2.84. The molecule has 0 fully saturated rings. The monoisotopic (exact) mass is 456 g/mol. The zero-order chi connectivity index (χ0) is 21.8. The molecule has 5 nitrogen and oxygen atoms in total. The summed E-state index contributed by atoms with van der Waals surface area (Å²) in [5.74, 6) is -0.304. The summed E-state index contributed by atoms with van der Waals surface area (Å²) in [4.78, 5) is 13.4. The van der Waals surface area contributed by atoms with Crippen molar-refractivity contribution in [3.05, 3.63) is 84.2 Å². The molecule has 0 spiro atoms. The molecule has 0 aromatic heterocycles. The Labute approximate surface area is 185 Å². The van der Waals surface area contributed by atoms with E-state index in [1.54, 1.807) is 54.6 Å². The second-order valence-electron chi connectivity index (χ2n) is 7.13. The normalized spacial score (nSPS) is 13.5. The van der Waals surface area contributed by atoms with Crippen molar-refractivity contribution < 1.29 is 17.6 Å². The lowest BCUT2D eigenvalue weighted by atomic mass is 10.0. The third-order valence-corrected chi connectivity index (χ3v) is 7.79. The predicted molar refractivity (Wildman–Crippen MR) is 121 cm³/mol. The molecule has 31 heavy (non-hydrogen) atoms. The number of anilines is 2. The number of nitrogens with one attached hydrogen (secondary N) is 1. The number of fused-ring (bicyclic) bond motifs is 1. The van der Waals surface area contributed by atoms with Crippen LogP contribution in [0.4, 0.5) is 15.8 Å². The lowest BCUT2D eigenvalue weighted by molar-refractivity contribution is -0.113. The first kappa shape index (κ1) is 21.4. The largest absolute Gasteiger partial charge is 0.325 e. The topological polar surface area (TPSA) is 66.5 Å². The van der Waals surface area contributed by atoms with E-state index in [9.17, 15) is 17.6 Å². The van der Waals surface area contributed by atoms with Crippen molar-refractivity contribution in [3.63, 3.8) is 0 Å². The lowest BCUT2D eigenvalue weighted by Gasteiger charge is -2.30. The number of aryl methyl sites for hydroxylation is 1. The van der Waals surface area contributed by atoms with Crippen molar-refractivity contribution in [2.45, 2.75) is 22.6 Å². The molecule has 0 atom stereocenters. The summed E-state index contributed by atoms with van der Waals surface area (Å²) in [6, 6.07) is 19.7. The van der Waals surface area contributed by atoms with Crippen LogP contribution >= 0.6 is 11.8 Å². The standard InChI is InChI=1S/C23H21FN2O3S2/c24-18-8-11-20(12-9-18)30-16-23(27)25-19-10-13-22-17(15-19)5-4-14-26(22)31(28,29)21-6-2-1-3-7-21/h1-3,6-13,15H,4-5,14,16H2,(H,25,27). The van der Waals surface area contributed by atoms with Gasteiger partial charge in [-0.2, -0.15) is 0 Å². The molecule has 8 heteroatoms. The highest BCUT2D eigenvalue weighted by Crippen LogP contribution is 2.33. The van der Waals surface area contributed by atoms with Crippen molar-refractivity contribution in [1.82, 2.24) is 0 Å². The number of nitrogens with zero attached hydrogens (tertiary/aromatic N) is 1. The first-order valence-electron chi connectivity index (χ1n) is 9.82. The third-order valence-electron chi connectivity index (χ3n) is 4.95. The Balaban J connectivity index is 1.47. The van der Waals surface area contributed by atoms with Gasteiger partial charge < -0.3 is 5.32 Å². The number of hydrogen-bond donors (Lipinski definition) is 1. The molecule has 0 saturated heterocycles. The zero-order valence-corrected chi connectivity index (χ0v) is 18.3. The molecule has 0 radical (unpaired) electrons. The molecule has 0 bridgehead atoms. The van der Waals surface area contributed by atoms with Crippen LogP contribution in [0.2, 0.25) is 0 Å². The Morgan fingerprint density at radius 2 is 1.77 bits per heavy atom. The van der Waals surface area contributed by atoms with Crippen LogP contribution in [0.1, 0.15) is 12.0 Å². The molecule has 3 aromatic rings. The van der Waals surface area contributed by atoms with E-state index in [0.29, 0.717) is 24.3 Å². The van der Waals surface area contributed by atoms with E-state index in [1.807, 2.05) is 6.07 Å². The van der Waals surface area contributed by atoms with E-state index in [1.165, 1.54) is 28.2 Å². The highest BCUT2D eigenvalue weighted by Gasteiger charge is 2.29. The van der Waals surface area contributed by atoms with Crippen molar-refractivity contribution in [2.24, 2.45) is 0 Å². The summed E-state index contributed by atoms with van der Waals surface area (Å²) in [6.07, 6.45) is 1.45. The second-order valence-corrected chi connectivity index (χ2v) is 10.0. The first-order chi connectivity index (χ1) is 14.9. The van der Waals surface area contributed by atoms with Crippen molar-refractivity contribution in [2.75, 3.05) is 21.9 Å². The number of carbonyl (C=O) groups is 1. The van der Waals surface area contributed by atoms with Crippen LogP contribution in [0.3, 0.4) is 0 Å². The predicted octanol–water partition coefficient (Wildman–Crippen LogP) is 4.70. The van der Waals surface area contributed by atoms with Gasteiger partial charge in [0.25, 0.3) is 10.0 Å². The van der Waals surface area contributed by atoms with E-state index >= 15 is 0 Å². The smallest absolute Gasteiger partial charge is 0.264 e. The average Bonchev–Trinajstić information content (AvgIpc) is 2.78. The van der Waals surface area contributed by atoms with Gasteiger partial charge in [0, 0.05) is 17.1 Å². The quantitative estimate of drug-likeness (QED) is 0.546. The molecule has 160 valence electrons. The van der Waals surface area contributed by atoms with Gasteiger partial charge in [0.2, 0.25) is 5.91 Å². The number of hydrogen-bond acceptors (Lipinski definition) is 4. The summed E-state index contributed by atoms with van der Waals surface area (Å²) in [5.41, 5.74) is 2.16. The molecule has 1 aliphatic rings. The Morgan fingerprint density at radius 3 is 2.52 bits per heavy atom. The zero-order valence-electron chi connectivity index (χ0n) is 16.6. The molecule has 0 saturated carbocycles. The van der Waals surface area contributed by atoms with Gasteiger partial charge in [-0.15, -0.1) is 11.8 Å². The summed E-state index contributed by atoms with van der Waals surface area (Å²) in [7, 11) is -3.64. The number of thioether (sulfide) groups is 1. The Morgan fingerprint density at radius 1 is 1.03 bits per heavy atom. The summed E-state index contributed by atoms with van der Waals surface area (Å²) < 4.78 is 40.6. The number of rotatable bonds is 6. The van der Waals surface area contributed by atoms with Crippen LogP contribution in [0.15, 0.2) is 82.6 Å². The van der Waals surface area contributed by atoms with Crippen molar-refractivity contribution in [3.8, 4) is 0 Å². The SMILES string of the molecule is O=C(CSc1ccc(F)cc1)Nc1ccc2c(c1)CCCN2S(=O)(=O)c1ccccc1. The fraction of sp³-hybridized carbons (Fsp3) is 0.174. The molecule has 0 aliphatic carbocycles. The van der Waals surface area contributed by atoms with E-state index < -0.39 is 10.0 Å². The minimum atomic E-state index is -3.64. The molecule has 1 aliphatic heterocycles. The van der Waals surface area contributed by atoms with Crippen LogP contribution < -0.4 is 9.62 Å². The summed E-state index contributed by atoms with van der Waals surface area (Å²) in [5, 5.41) is 2.86. The highest BCUT2D eigenvalue weighted by atomic mass is 32.2. The molecule has 4 rings (SSSR count). The number of amides is 1. The second kappa shape index (κ2) is 9.11. The van der Waals surface area contributed by atoms with Gasteiger partial charge in [-0.3, -0.25) is 9.10 Å². The van der Waals surface area contributed by atoms with Crippen LogP contribution in [-0.2, 0) is 21.2 Å². The maximum atomic E-state index is 13.1. The van der Waals surface area contributed by atoms with Crippen molar-refractivity contribution >= 4 is 39.1 Å². The van der Waals surface area contributed by atoms with Gasteiger partial charge >= 0.3 is 0 Å². The number of sulfonamides is 1. The number of carbonyl (C=O) groups excluding carboxylic acids is 1. The molecule has 3 aromatic carbocycles. The van der Waals surface area contributed by atoms with Crippen LogP contribution in [0.5, 0.6) is 0 Å². The summed E-state index contributed by atoms with van der Waals surface area (Å²) in [6.45, 7) is 0.421. The fourth-order valence-corrected chi connectivity index (χ4v) is 5.75. The van der Waals surface area contributed by atoms with Gasteiger partial charge in [0.15, 0.2) is 0 Å². The maximum absolute atomic E-state index is 13.1. The van der Waals surface area contributed by atoms with E-state index in [4.69, 9.17) is 0 Å². The molecular formula is C23H21FN2O3S2. The Bertz CT molecular complexity index is 1180. The van der Waals surface area contributed by atoms with Crippen LogP contribution in [0.25, 0.3) is 0 Å². The van der Waals surface area contributed by atoms with Gasteiger partial charge in [-0.05, 0) is 73.0 Å². The van der Waals surface area contributed by atoms with Gasteiger partial charge in [0.1, 0.15) is 5.82 Å². The minimum Gasteiger partial charge on any atom is -0.325 e. The highest BCUT2D eigenvalue weighted by molar-refractivity contribution is 8.00. The molecule has 1 heterocycles. The van der Waals surface area contributed by atoms with E-state index in [0.717, 1.165) is 16.9 Å². The lowest BCUT2D eigenvalue weighted by Crippen LogP contribution is -2.35. The minimum absolute atomic E-state index is 0.182. The molecule has 1 amide bonds. The Kier molecular flexibility index (Phi) is 6.29. The average molecular weight is 457 g/mol. The van der Waals surface area contributed by atoms with Crippen molar-refractivity contribution in [1.29, 1.82) is 0 Å². The van der Waals surface area contributed by atoms with Gasteiger partial charge in [-0.25, -0.2) is 12.8 Å². The third kappa shape index (κ3) is 4.91. The van der Waals surface area contributed by atoms with Crippen LogP contribution in [-0.4, -0.2) is 26.6 Å². The molecule has 0 unspecified atom stereocenters. The molecular weight excluding hydrogens is 435 g/mol.